The highest BCUT2D eigenvalue weighted by atomic mass is 32.4. The van der Waals surface area contributed by atoms with Crippen LogP contribution in [0.5, 0.6) is 0 Å². The number of carboxylic acid groups (broad SMARTS) is 1. The lowest BCUT2D eigenvalue weighted by Gasteiger charge is -2.35. The lowest BCUT2D eigenvalue weighted by Crippen LogP contribution is -2.51. The van der Waals surface area contributed by atoms with Crippen molar-refractivity contribution in [3.63, 3.8) is 0 Å². The standard InChI is InChI=1S/C10H25N2O3P3.C6H18NO2P3.C4H12NO2P3/c1-6(9(14)8(3)13)11(4)10(15)7(2)12(5)18(16)17;1-4(7(3)10)6(5(2)8)9-12-11;1-3(4(6)7)5(2)10(8)9/h6-9,13-14H,16-17H2,1-5H3;4-6,8,12H,10-11H2,1-3H3;3H,8-9H2,1-2H3,(H,6,7)/t6-,7?,8?,9?;4-,5?,6?;/m00./s1. The van der Waals surface area contributed by atoms with Crippen molar-refractivity contribution in [2.45, 2.75) is 90.1 Å². The molecule has 0 spiro atoms. The molecule has 40 heavy (non-hydrogen) atoms. The van der Waals surface area contributed by atoms with Gasteiger partial charge in [-0.25, -0.2) is 0 Å². The van der Waals surface area contributed by atoms with Gasteiger partial charge in [0, 0.05) is 36.5 Å². The molecule has 242 valence electrons. The molecular formula is C20H55N4O7P9. The number of rotatable bonds is 14. The smallest absolute Gasteiger partial charge is 0.320 e. The lowest BCUT2D eigenvalue weighted by atomic mass is 10.1. The lowest BCUT2D eigenvalue weighted by molar-refractivity contribution is -0.140. The van der Waals surface area contributed by atoms with E-state index >= 15 is 0 Å². The Balaban J connectivity index is -0.000000542. The molecule has 20 heteroatoms. The summed E-state index contributed by atoms with van der Waals surface area (Å²) in [4.78, 5) is 24.1. The highest BCUT2D eigenvalue weighted by Crippen LogP contribution is 2.56. The number of aliphatic hydroxyl groups excluding tert-OH is 3. The maximum Gasteiger partial charge on any atom is 0.320 e. The van der Waals surface area contributed by atoms with Gasteiger partial charge in [0.15, 0.2) is 0 Å². The molecule has 0 radical (unpaired) electrons. The summed E-state index contributed by atoms with van der Waals surface area (Å²) in [6, 6.07) is -0.891. The topological polar surface area (TPSA) is 137 Å². The minimum atomic E-state index is -0.940. The zero-order valence-electron chi connectivity index (χ0n) is 25.3. The highest BCUT2D eigenvalue weighted by Gasteiger charge is 2.30. The third-order valence-electron chi connectivity index (χ3n) is 6.31. The molecule has 0 aromatic rings. The molecule has 13 unspecified atom stereocenters. The van der Waals surface area contributed by atoms with Crippen LogP contribution in [0.1, 0.15) is 41.5 Å². The van der Waals surface area contributed by atoms with Gasteiger partial charge >= 0.3 is 5.97 Å². The monoisotopic (exact) mass is 742 g/mol. The molecule has 1 amide bonds. The predicted octanol–water partition coefficient (Wildman–Crippen LogP) is 3.49. The number of aliphatic hydroxyl groups is 3. The van der Waals surface area contributed by atoms with E-state index in [2.05, 4.69) is 54.0 Å². The minimum absolute atomic E-state index is 0.0675. The van der Waals surface area contributed by atoms with Crippen LogP contribution < -0.4 is 0 Å². The fourth-order valence-electron chi connectivity index (χ4n) is 2.76. The van der Waals surface area contributed by atoms with E-state index in [4.69, 9.17) is 9.63 Å². The normalized spacial score (nSPS) is 18.0. The van der Waals surface area contributed by atoms with Gasteiger partial charge < -0.3 is 29.8 Å². The van der Waals surface area contributed by atoms with Crippen LogP contribution in [0.4, 0.5) is 0 Å². The van der Waals surface area contributed by atoms with Crippen molar-refractivity contribution < 1.29 is 34.5 Å². The first-order chi connectivity index (χ1) is 18.1. The molecule has 0 fully saturated rings. The number of likely N-dealkylation sites (N-methyl/N-ethyl adjacent to an activating group) is 4. The number of nitrogens with zero attached hydrogens (tertiary/aromatic N) is 4. The van der Waals surface area contributed by atoms with E-state index in [0.717, 1.165) is 0 Å². The van der Waals surface area contributed by atoms with E-state index in [0.29, 0.717) is 8.50 Å². The number of hydrogen-bond donors (Lipinski definition) is 4. The van der Waals surface area contributed by atoms with Crippen LogP contribution in [-0.4, -0.2) is 128 Å². The summed E-state index contributed by atoms with van der Waals surface area (Å²) >= 11 is 0. The maximum atomic E-state index is 12.2. The van der Waals surface area contributed by atoms with E-state index < -0.39 is 51.3 Å². The first-order valence-corrected chi connectivity index (χ1v) is 24.5. The summed E-state index contributed by atoms with van der Waals surface area (Å²) in [7, 11) is 22.3. The molecule has 0 saturated carbocycles. The van der Waals surface area contributed by atoms with Crippen LogP contribution in [0.15, 0.2) is 0 Å². The van der Waals surface area contributed by atoms with Crippen molar-refractivity contribution in [1.29, 1.82) is 0 Å². The second kappa shape index (κ2) is 24.7. The van der Waals surface area contributed by atoms with E-state index in [1.165, 1.54) is 11.8 Å². The molecule has 11 nitrogen and oxygen atoms in total. The first-order valence-electron chi connectivity index (χ1n) is 12.2. The Morgan fingerprint density at radius 3 is 1.43 bits per heavy atom. The van der Waals surface area contributed by atoms with Crippen molar-refractivity contribution >= 4 is 89.3 Å². The second-order valence-electron chi connectivity index (χ2n) is 9.37. The van der Waals surface area contributed by atoms with Gasteiger partial charge in [0.25, 0.3) is 0 Å². The molecule has 0 heterocycles. The molecule has 0 aliphatic heterocycles. The maximum absolute atomic E-state index is 12.2. The van der Waals surface area contributed by atoms with Gasteiger partial charge in [-0.3, -0.25) is 23.6 Å². The van der Waals surface area contributed by atoms with Crippen LogP contribution >= 0.6 is 77.4 Å². The minimum Gasteiger partial charge on any atom is -0.480 e. The molecule has 0 saturated heterocycles. The fourth-order valence-corrected chi connectivity index (χ4v) is 7.35. The van der Waals surface area contributed by atoms with Gasteiger partial charge in [-0.2, -0.15) is 0 Å². The van der Waals surface area contributed by atoms with Gasteiger partial charge in [-0.05, 0) is 62.7 Å². The van der Waals surface area contributed by atoms with Crippen LogP contribution in [0.2, 0.25) is 0 Å². The Kier molecular flexibility index (Phi) is 29.0. The van der Waals surface area contributed by atoms with Crippen molar-refractivity contribution in [1.82, 2.24) is 18.9 Å². The van der Waals surface area contributed by atoms with Crippen LogP contribution in [0, 0.1) is 0 Å². The SMILES string of the molecule is CC(C(=O)O)N(C)P(P)P.CC(O)C(O)[C@H](C)N(C)C(=O)C(C)N(C)P(P)P.CC(O)C(OPP)[C@H](C)N(C)P. The second-order valence-corrected chi connectivity index (χ2v) is 24.1. The molecule has 15 atom stereocenters. The van der Waals surface area contributed by atoms with Crippen molar-refractivity contribution in [2.24, 2.45) is 0 Å². The van der Waals surface area contributed by atoms with Crippen molar-refractivity contribution in [2.75, 3.05) is 28.2 Å². The molecule has 0 aromatic heterocycles. The third-order valence-corrected chi connectivity index (χ3v) is 14.1. The Hall–Kier alpha value is 2.53. The zero-order chi connectivity index (χ0) is 32.7. The molecule has 0 bridgehead atoms. The average molecular weight is 742 g/mol. The largest absolute Gasteiger partial charge is 0.480 e. The number of carbonyl (C=O) groups excluding carboxylic acids is 1. The highest BCUT2D eigenvalue weighted by molar-refractivity contribution is 8.42. The summed E-state index contributed by atoms with van der Waals surface area (Å²) in [5, 5.41) is 37.1. The van der Waals surface area contributed by atoms with Gasteiger partial charge in [-0.1, -0.05) is 54.0 Å². The summed E-state index contributed by atoms with van der Waals surface area (Å²) in [6.45, 7) is 10.5. The summed E-state index contributed by atoms with van der Waals surface area (Å²) in [5.74, 6) is -0.845. The van der Waals surface area contributed by atoms with E-state index in [1.54, 1.807) is 39.5 Å². The van der Waals surface area contributed by atoms with Crippen molar-refractivity contribution in [3.05, 3.63) is 0 Å². The Bertz CT molecular complexity index is 703. The molecule has 0 rings (SSSR count). The van der Waals surface area contributed by atoms with Crippen molar-refractivity contribution in [3.8, 4) is 0 Å². The molecule has 0 aliphatic carbocycles. The number of carboxylic acids is 1. The fraction of sp³-hybridized carbons (Fsp3) is 0.900. The molecular weight excluding hydrogens is 687 g/mol. The molecule has 0 aliphatic rings. The number of amides is 1. The van der Waals surface area contributed by atoms with E-state index in [9.17, 15) is 24.9 Å². The zero-order valence-corrected chi connectivity index (χ0v) is 35.0. The Morgan fingerprint density at radius 1 is 0.775 bits per heavy atom. The van der Waals surface area contributed by atoms with Gasteiger partial charge in [0.1, 0.15) is 12.1 Å². The Morgan fingerprint density at radius 2 is 1.18 bits per heavy atom. The average Bonchev–Trinajstić information content (AvgIpc) is 2.87. The third kappa shape index (κ3) is 19.1. The van der Waals surface area contributed by atoms with Gasteiger partial charge in [-0.15, -0.1) is 0 Å². The predicted molar refractivity (Wildman–Crippen MR) is 196 cm³/mol. The van der Waals surface area contributed by atoms with Crippen LogP contribution in [-0.2, 0) is 14.1 Å². The number of aliphatic carboxylic acids is 1. The summed E-state index contributed by atoms with van der Waals surface area (Å²) in [5.41, 5.74) is 0. The van der Waals surface area contributed by atoms with E-state index in [-0.39, 0.29) is 24.1 Å². The van der Waals surface area contributed by atoms with E-state index in [1.807, 2.05) is 37.3 Å². The van der Waals surface area contributed by atoms with Crippen LogP contribution in [0.3, 0.4) is 0 Å². The van der Waals surface area contributed by atoms with Gasteiger partial charge in [0.2, 0.25) is 5.91 Å². The summed E-state index contributed by atoms with van der Waals surface area (Å²) in [6.07, 6.45) is -2.35. The molecule has 4 N–H and O–H groups in total. The first kappa shape index (κ1) is 46.9. The quantitative estimate of drug-likeness (QED) is 0.196. The van der Waals surface area contributed by atoms with Gasteiger partial charge in [0.05, 0.1) is 30.4 Å². The number of carbonyl (C=O) groups is 2. The Labute approximate surface area is 260 Å². The van der Waals surface area contributed by atoms with Crippen LogP contribution in [0.25, 0.3) is 0 Å². The molecule has 0 aromatic carbocycles. The summed E-state index contributed by atoms with van der Waals surface area (Å²) < 4.78 is 11.1. The number of hydrogen-bond acceptors (Lipinski definition) is 9.